The quantitative estimate of drug-likeness (QED) is 0.345. The molecule has 3 atom stereocenters. The van der Waals surface area contributed by atoms with Gasteiger partial charge >= 0.3 is 0 Å². The summed E-state index contributed by atoms with van der Waals surface area (Å²) in [5, 5.41) is 12.0. The monoisotopic (exact) mass is 818 g/mol. The topological polar surface area (TPSA) is 166 Å². The molecular formula is C43H47ClN10O5. The Balaban J connectivity index is 0.733. The number of carbonyl (C=O) groups excluding carboxylic acids is 5. The summed E-state index contributed by atoms with van der Waals surface area (Å²) < 4.78 is 0. The van der Waals surface area contributed by atoms with Gasteiger partial charge in [0.2, 0.25) is 17.6 Å². The molecule has 9 rings (SSSR count). The molecule has 1 spiro atoms. The Morgan fingerprint density at radius 3 is 2.31 bits per heavy atom. The summed E-state index contributed by atoms with van der Waals surface area (Å²) in [5.74, 6) is -1.59. The number of aromatic nitrogens is 2. The third-order valence-corrected chi connectivity index (χ3v) is 13.8. The van der Waals surface area contributed by atoms with Crippen LogP contribution in [0.25, 0.3) is 0 Å². The predicted octanol–water partition coefficient (Wildman–Crippen LogP) is 3.57. The van der Waals surface area contributed by atoms with Gasteiger partial charge in [-0.25, -0.2) is 9.97 Å². The van der Waals surface area contributed by atoms with Crippen LogP contribution in [0.15, 0.2) is 48.8 Å². The van der Waals surface area contributed by atoms with E-state index in [4.69, 9.17) is 11.6 Å². The van der Waals surface area contributed by atoms with Crippen molar-refractivity contribution in [2.24, 2.45) is 11.3 Å². The molecule has 5 amide bonds. The van der Waals surface area contributed by atoms with Gasteiger partial charge in [-0.05, 0) is 86.8 Å². The van der Waals surface area contributed by atoms with Crippen molar-refractivity contribution in [3.8, 4) is 6.07 Å². The first-order chi connectivity index (χ1) is 28.5. The van der Waals surface area contributed by atoms with Crippen molar-refractivity contribution in [1.82, 2.24) is 30.0 Å². The van der Waals surface area contributed by atoms with Gasteiger partial charge in [0.25, 0.3) is 17.7 Å². The van der Waals surface area contributed by atoms with E-state index in [0.29, 0.717) is 35.6 Å². The highest BCUT2D eigenvalue weighted by Crippen LogP contribution is 2.46. The Labute approximate surface area is 347 Å². The number of nitriles is 1. The smallest absolute Gasteiger partial charge is 0.291 e. The molecule has 6 aliphatic heterocycles. The Hall–Kier alpha value is -5.59. The van der Waals surface area contributed by atoms with Gasteiger partial charge in [0.15, 0.2) is 0 Å². The molecule has 5 fully saturated rings. The van der Waals surface area contributed by atoms with Gasteiger partial charge in [-0.1, -0.05) is 11.6 Å². The third-order valence-electron chi connectivity index (χ3n) is 13.4. The fourth-order valence-corrected chi connectivity index (χ4v) is 10.4. The molecule has 0 saturated carbocycles. The van der Waals surface area contributed by atoms with Crippen molar-refractivity contribution in [2.75, 3.05) is 80.1 Å². The summed E-state index contributed by atoms with van der Waals surface area (Å²) in [6.45, 7) is 10.4. The number of piperidine rings is 2. The van der Waals surface area contributed by atoms with Crippen LogP contribution in [0, 0.1) is 22.7 Å². The summed E-state index contributed by atoms with van der Waals surface area (Å²) >= 11 is 6.37. The number of nitrogens with one attached hydrogen (secondary N) is 1. The second-order valence-corrected chi connectivity index (χ2v) is 17.5. The number of rotatable bonds is 7. The number of carbonyl (C=O) groups is 5. The molecule has 6 aliphatic rings. The molecule has 1 unspecified atom stereocenters. The van der Waals surface area contributed by atoms with Crippen LogP contribution in [0.5, 0.6) is 0 Å². The Bertz CT molecular complexity index is 2250. The zero-order valence-electron chi connectivity index (χ0n) is 33.1. The standard InChI is InChI=1S/C43H47ClN10O5/c1-27-20-43(26-53(27)31-3-2-29(21-45)35(44)19-31)9-12-50(13-10-43)32-22-46-38(47-23-32)42(59)52-11-8-28(25-52)24-49-14-16-51(17-15-49)30-4-5-33-34(18-30)41(58)54(40(33)57)36-6-7-37(55)48-39(36)56/h2-5,18-19,22-23,27-28,36H,6-17,20,24-26H2,1H3,(H,48,55,56)/t27-,28-,36?/m0/s1. The van der Waals surface area contributed by atoms with E-state index >= 15 is 0 Å². The number of amides is 5. The van der Waals surface area contributed by atoms with Crippen molar-refractivity contribution < 1.29 is 24.0 Å². The molecule has 16 heteroatoms. The van der Waals surface area contributed by atoms with Gasteiger partial charge in [-0.2, -0.15) is 5.26 Å². The van der Waals surface area contributed by atoms with Crippen LogP contribution in [-0.4, -0.2) is 132 Å². The summed E-state index contributed by atoms with van der Waals surface area (Å²) in [7, 11) is 0. The first kappa shape index (κ1) is 38.9. The molecule has 0 radical (unpaired) electrons. The SMILES string of the molecule is C[C@H]1CC2(CCN(c3cnc(C(=O)N4CC[C@@H](CN5CCN(c6ccc7c(c6)C(=O)N(C6CCC(=O)NC6=O)C7=O)CC5)C4)nc3)CC2)CN1c1ccc(C#N)c(Cl)c1. The number of anilines is 3. The number of hydrogen-bond acceptors (Lipinski definition) is 12. The minimum atomic E-state index is -0.987. The first-order valence-electron chi connectivity index (χ1n) is 20.6. The van der Waals surface area contributed by atoms with Crippen LogP contribution in [0.4, 0.5) is 17.1 Å². The molecule has 0 bridgehead atoms. The second kappa shape index (κ2) is 15.5. The lowest BCUT2D eigenvalue weighted by molar-refractivity contribution is -0.136. The predicted molar refractivity (Wildman–Crippen MR) is 219 cm³/mol. The van der Waals surface area contributed by atoms with Gasteiger partial charge in [0.1, 0.15) is 12.1 Å². The number of hydrogen-bond donors (Lipinski definition) is 1. The Morgan fingerprint density at radius 1 is 0.881 bits per heavy atom. The zero-order chi connectivity index (χ0) is 41.0. The van der Waals surface area contributed by atoms with Gasteiger partial charge in [-0.15, -0.1) is 0 Å². The summed E-state index contributed by atoms with van der Waals surface area (Å²) in [5.41, 5.74) is 4.12. The zero-order valence-corrected chi connectivity index (χ0v) is 33.9. The van der Waals surface area contributed by atoms with E-state index < -0.39 is 29.7 Å². The summed E-state index contributed by atoms with van der Waals surface area (Å²) in [6, 6.07) is 12.5. The number of nitrogens with zero attached hydrogens (tertiary/aromatic N) is 9. The van der Waals surface area contributed by atoms with Crippen LogP contribution in [0.2, 0.25) is 5.02 Å². The minimum Gasteiger partial charge on any atom is -0.369 e. The van der Waals surface area contributed by atoms with E-state index in [9.17, 15) is 29.2 Å². The highest BCUT2D eigenvalue weighted by molar-refractivity contribution is 6.32. The van der Waals surface area contributed by atoms with Crippen molar-refractivity contribution in [2.45, 2.75) is 57.5 Å². The maximum atomic E-state index is 13.5. The van der Waals surface area contributed by atoms with Crippen LogP contribution < -0.4 is 20.0 Å². The molecular weight excluding hydrogens is 772 g/mol. The maximum Gasteiger partial charge on any atom is 0.291 e. The lowest BCUT2D eigenvalue weighted by atomic mass is 9.76. The van der Waals surface area contributed by atoms with Crippen molar-refractivity contribution >= 4 is 58.2 Å². The molecule has 3 aromatic rings. The second-order valence-electron chi connectivity index (χ2n) is 17.1. The van der Waals surface area contributed by atoms with Gasteiger partial charge in [0.05, 0.1) is 39.8 Å². The van der Waals surface area contributed by atoms with Crippen LogP contribution in [0.1, 0.15) is 82.3 Å². The van der Waals surface area contributed by atoms with Crippen LogP contribution in [-0.2, 0) is 9.59 Å². The van der Waals surface area contributed by atoms with E-state index in [1.54, 1.807) is 30.6 Å². The summed E-state index contributed by atoms with van der Waals surface area (Å²) in [4.78, 5) is 85.3. The van der Waals surface area contributed by atoms with Crippen molar-refractivity contribution in [3.05, 3.63) is 76.3 Å². The largest absolute Gasteiger partial charge is 0.369 e. The van der Waals surface area contributed by atoms with E-state index in [0.717, 1.165) is 100 Å². The lowest BCUT2D eigenvalue weighted by Gasteiger charge is -2.40. The van der Waals surface area contributed by atoms with Gasteiger partial charge in [-0.3, -0.25) is 39.1 Å². The molecule has 59 heavy (non-hydrogen) atoms. The Kier molecular flexibility index (Phi) is 10.2. The average Bonchev–Trinajstić information content (AvgIpc) is 3.91. The molecule has 0 aliphatic carbocycles. The number of fused-ring (bicyclic) bond motifs is 1. The molecule has 15 nitrogen and oxygen atoms in total. The highest BCUT2D eigenvalue weighted by atomic mass is 35.5. The molecule has 1 N–H and O–H groups in total. The minimum absolute atomic E-state index is 0.0821. The van der Waals surface area contributed by atoms with Crippen LogP contribution >= 0.6 is 11.6 Å². The molecule has 5 saturated heterocycles. The Morgan fingerprint density at radius 2 is 1.59 bits per heavy atom. The number of likely N-dealkylation sites (tertiary alicyclic amines) is 1. The van der Waals surface area contributed by atoms with E-state index in [1.807, 2.05) is 23.1 Å². The van der Waals surface area contributed by atoms with Crippen LogP contribution in [0.3, 0.4) is 0 Å². The maximum absolute atomic E-state index is 13.5. The van der Waals surface area contributed by atoms with E-state index in [1.165, 1.54) is 0 Å². The number of piperazine rings is 1. The van der Waals surface area contributed by atoms with Crippen molar-refractivity contribution in [1.29, 1.82) is 5.26 Å². The number of halogens is 1. The van der Waals surface area contributed by atoms with Gasteiger partial charge < -0.3 is 19.6 Å². The molecule has 7 heterocycles. The number of benzene rings is 2. The van der Waals surface area contributed by atoms with E-state index in [2.05, 4.69) is 47.9 Å². The first-order valence-corrected chi connectivity index (χ1v) is 21.0. The average molecular weight is 819 g/mol. The molecule has 2 aromatic carbocycles. The normalized spacial score (nSPS) is 24.6. The van der Waals surface area contributed by atoms with Gasteiger partial charge in [0, 0.05) is 89.3 Å². The lowest BCUT2D eigenvalue weighted by Crippen LogP contribution is -2.54. The molecule has 306 valence electrons. The fourth-order valence-electron chi connectivity index (χ4n) is 10.2. The summed E-state index contributed by atoms with van der Waals surface area (Å²) in [6.07, 6.45) is 7.90. The third kappa shape index (κ3) is 7.37. The number of imide groups is 2. The highest BCUT2D eigenvalue weighted by Gasteiger charge is 2.46. The van der Waals surface area contributed by atoms with Crippen molar-refractivity contribution in [3.63, 3.8) is 0 Å². The van der Waals surface area contributed by atoms with E-state index in [-0.39, 0.29) is 41.1 Å². The molecule has 1 aromatic heterocycles. The fraction of sp³-hybridized carbons (Fsp3) is 0.488.